The molecule has 9 heteroatoms. The van der Waals surface area contributed by atoms with Crippen LogP contribution in [0, 0.1) is 6.92 Å². The third-order valence-electron chi connectivity index (χ3n) is 5.04. The highest BCUT2D eigenvalue weighted by molar-refractivity contribution is 7.98. The van der Waals surface area contributed by atoms with Gasteiger partial charge in [0.25, 0.3) is 5.22 Å². The molecular formula is C24H20N6O2S. The number of aryl methyl sites for hydroxylation is 1. The Hall–Kier alpha value is -3.98. The number of thioether (sulfide) groups is 1. The van der Waals surface area contributed by atoms with Crippen LogP contribution in [0.3, 0.4) is 0 Å². The zero-order valence-electron chi connectivity index (χ0n) is 18.0. The third kappa shape index (κ3) is 4.49. The van der Waals surface area contributed by atoms with Crippen molar-refractivity contribution in [3.8, 4) is 34.2 Å². The van der Waals surface area contributed by atoms with E-state index < -0.39 is 0 Å². The lowest BCUT2D eigenvalue weighted by Gasteiger charge is -2.11. The number of methoxy groups -OCH3 is 1. The number of rotatable bonds is 7. The number of nitrogens with zero attached hydrogens (tertiary/aromatic N) is 6. The molecule has 3 aromatic heterocycles. The molecule has 0 N–H and O–H groups in total. The number of hydrogen-bond acceptors (Lipinski definition) is 8. The van der Waals surface area contributed by atoms with Crippen LogP contribution in [0.2, 0.25) is 0 Å². The van der Waals surface area contributed by atoms with Crippen molar-refractivity contribution in [2.45, 2.75) is 17.9 Å². The number of pyridine rings is 1. The van der Waals surface area contributed by atoms with E-state index in [2.05, 4.69) is 25.3 Å². The van der Waals surface area contributed by atoms with Crippen molar-refractivity contribution in [1.82, 2.24) is 29.9 Å². The molecule has 3 heterocycles. The van der Waals surface area contributed by atoms with Gasteiger partial charge in [-0.15, -0.1) is 10.2 Å². The molecular weight excluding hydrogens is 436 g/mol. The van der Waals surface area contributed by atoms with Gasteiger partial charge in [-0.3, -0.25) is 9.55 Å². The lowest BCUT2D eigenvalue weighted by atomic mass is 10.1. The molecule has 8 nitrogen and oxygen atoms in total. The Morgan fingerprint density at radius 2 is 1.67 bits per heavy atom. The highest BCUT2D eigenvalue weighted by Crippen LogP contribution is 2.29. The second-order valence-corrected chi connectivity index (χ2v) is 8.17. The van der Waals surface area contributed by atoms with Crippen molar-refractivity contribution in [3.05, 3.63) is 84.4 Å². The fourth-order valence-corrected chi connectivity index (χ4v) is 4.00. The average molecular weight is 457 g/mol. The maximum atomic E-state index is 5.46. The molecule has 5 rings (SSSR count). The summed E-state index contributed by atoms with van der Waals surface area (Å²) in [7, 11) is 1.65. The monoisotopic (exact) mass is 456 g/mol. The number of ether oxygens (including phenoxy) is 1. The van der Waals surface area contributed by atoms with Gasteiger partial charge in [0.15, 0.2) is 5.82 Å². The van der Waals surface area contributed by atoms with E-state index in [4.69, 9.17) is 9.26 Å². The predicted octanol–water partition coefficient (Wildman–Crippen LogP) is 4.99. The number of benzene rings is 2. The van der Waals surface area contributed by atoms with Crippen LogP contribution < -0.4 is 4.74 Å². The first-order valence-corrected chi connectivity index (χ1v) is 11.2. The molecule has 164 valence electrons. The second kappa shape index (κ2) is 9.25. The maximum Gasteiger partial charge on any atom is 0.286 e. The van der Waals surface area contributed by atoms with Gasteiger partial charge < -0.3 is 9.26 Å². The van der Waals surface area contributed by atoms with Crippen LogP contribution in [0.4, 0.5) is 0 Å². The molecule has 0 radical (unpaired) electrons. The van der Waals surface area contributed by atoms with E-state index in [9.17, 15) is 0 Å². The Kier molecular flexibility index (Phi) is 5.86. The van der Waals surface area contributed by atoms with E-state index >= 15 is 0 Å². The molecule has 2 aromatic carbocycles. The Labute approximate surface area is 194 Å². The van der Waals surface area contributed by atoms with E-state index in [1.54, 1.807) is 19.5 Å². The quantitative estimate of drug-likeness (QED) is 0.316. The Morgan fingerprint density at radius 3 is 2.39 bits per heavy atom. The third-order valence-corrected chi connectivity index (χ3v) is 5.86. The predicted molar refractivity (Wildman–Crippen MR) is 125 cm³/mol. The van der Waals surface area contributed by atoms with Crippen molar-refractivity contribution < 1.29 is 9.26 Å². The highest BCUT2D eigenvalue weighted by Gasteiger charge is 2.18. The molecule has 0 saturated carbocycles. The molecule has 0 aliphatic carbocycles. The summed E-state index contributed by atoms with van der Waals surface area (Å²) in [6.45, 7) is 2.04. The summed E-state index contributed by atoms with van der Waals surface area (Å²) in [6, 6.07) is 19.6. The molecule has 0 fully saturated rings. The zero-order valence-corrected chi connectivity index (χ0v) is 18.9. The Balaban J connectivity index is 1.43. The first-order valence-electron chi connectivity index (χ1n) is 10.2. The minimum Gasteiger partial charge on any atom is -0.497 e. The molecule has 0 amide bonds. The van der Waals surface area contributed by atoms with Crippen LogP contribution in [-0.2, 0) is 5.75 Å². The van der Waals surface area contributed by atoms with Gasteiger partial charge in [0, 0.05) is 29.2 Å². The summed E-state index contributed by atoms with van der Waals surface area (Å²) in [5, 5.41) is 13.5. The molecule has 0 unspecified atom stereocenters. The van der Waals surface area contributed by atoms with E-state index in [1.165, 1.54) is 17.3 Å². The smallest absolute Gasteiger partial charge is 0.286 e. The van der Waals surface area contributed by atoms with Gasteiger partial charge in [0.05, 0.1) is 12.9 Å². The molecule has 5 aromatic rings. The lowest BCUT2D eigenvalue weighted by molar-refractivity contribution is 0.341. The van der Waals surface area contributed by atoms with Crippen LogP contribution in [0.25, 0.3) is 28.5 Å². The summed E-state index contributed by atoms with van der Waals surface area (Å²) >= 11 is 1.42. The highest BCUT2D eigenvalue weighted by atomic mass is 32.2. The van der Waals surface area contributed by atoms with E-state index in [0.717, 1.165) is 34.2 Å². The van der Waals surface area contributed by atoms with Crippen LogP contribution in [0.1, 0.15) is 11.4 Å². The van der Waals surface area contributed by atoms with Crippen molar-refractivity contribution in [1.29, 1.82) is 0 Å². The van der Waals surface area contributed by atoms with Gasteiger partial charge in [-0.05, 0) is 43.3 Å². The van der Waals surface area contributed by atoms with Crippen molar-refractivity contribution >= 4 is 11.8 Å². The molecule has 0 spiro atoms. The summed E-state index contributed by atoms with van der Waals surface area (Å²) < 4.78 is 12.8. The fraction of sp³-hybridized carbons (Fsp3) is 0.125. The number of hydrogen-bond donors (Lipinski definition) is 0. The molecule has 0 saturated heterocycles. The van der Waals surface area contributed by atoms with Gasteiger partial charge in [-0.25, -0.2) is 0 Å². The van der Waals surface area contributed by atoms with Crippen molar-refractivity contribution in [2.75, 3.05) is 7.11 Å². The summed E-state index contributed by atoms with van der Waals surface area (Å²) in [5.41, 5.74) is 3.94. The summed E-state index contributed by atoms with van der Waals surface area (Å²) in [4.78, 5) is 8.62. The SMILES string of the molecule is COc1ccc(-n2c(CSc3nc(-c4ccc(C)cc4)no3)nnc2-c2ccncc2)cc1. The lowest BCUT2D eigenvalue weighted by Crippen LogP contribution is -2.02. The van der Waals surface area contributed by atoms with Crippen molar-refractivity contribution in [3.63, 3.8) is 0 Å². The molecule has 0 atom stereocenters. The normalized spacial score (nSPS) is 11.0. The average Bonchev–Trinajstić information content (AvgIpc) is 3.51. The van der Waals surface area contributed by atoms with Crippen LogP contribution in [0.15, 0.2) is 82.8 Å². The zero-order chi connectivity index (χ0) is 22.6. The molecule has 0 aliphatic rings. The minimum absolute atomic E-state index is 0.473. The van der Waals surface area contributed by atoms with Gasteiger partial charge >= 0.3 is 0 Å². The topological polar surface area (TPSA) is 91.8 Å². The van der Waals surface area contributed by atoms with Gasteiger partial charge in [-0.2, -0.15) is 4.98 Å². The largest absolute Gasteiger partial charge is 0.497 e. The summed E-state index contributed by atoms with van der Waals surface area (Å²) in [5.74, 6) is 3.32. The van der Waals surface area contributed by atoms with Crippen LogP contribution in [0.5, 0.6) is 5.75 Å². The summed E-state index contributed by atoms with van der Waals surface area (Å²) in [6.07, 6.45) is 3.48. The van der Waals surface area contributed by atoms with Gasteiger partial charge in [0.2, 0.25) is 5.82 Å². The molecule has 0 bridgehead atoms. The second-order valence-electron chi connectivity index (χ2n) is 7.25. The van der Waals surface area contributed by atoms with E-state index in [0.29, 0.717) is 16.8 Å². The van der Waals surface area contributed by atoms with E-state index in [-0.39, 0.29) is 0 Å². The van der Waals surface area contributed by atoms with Crippen LogP contribution in [-0.4, -0.2) is 37.0 Å². The van der Waals surface area contributed by atoms with E-state index in [1.807, 2.05) is 72.2 Å². The van der Waals surface area contributed by atoms with Gasteiger partial charge in [0.1, 0.15) is 11.6 Å². The first kappa shape index (κ1) is 20.9. The van der Waals surface area contributed by atoms with Crippen LogP contribution >= 0.6 is 11.8 Å². The maximum absolute atomic E-state index is 5.46. The molecule has 33 heavy (non-hydrogen) atoms. The Morgan fingerprint density at radius 1 is 0.909 bits per heavy atom. The minimum atomic E-state index is 0.473. The standard InChI is InChI=1S/C24H20N6O2S/c1-16-3-5-17(6-4-16)22-26-24(32-29-22)33-15-21-27-28-23(18-11-13-25-14-12-18)30(21)19-7-9-20(31-2)10-8-19/h3-14H,15H2,1-2H3. The van der Waals surface area contributed by atoms with Crippen molar-refractivity contribution in [2.24, 2.45) is 0 Å². The fourth-order valence-electron chi connectivity index (χ4n) is 3.31. The molecule has 0 aliphatic heterocycles. The number of aromatic nitrogens is 6. The first-order chi connectivity index (χ1) is 16.2. The van der Waals surface area contributed by atoms with Gasteiger partial charge in [-0.1, -0.05) is 46.7 Å². The Bertz CT molecular complexity index is 1350.